The fraction of sp³-hybridized carbons (Fsp3) is 0.760. The zero-order chi connectivity index (χ0) is 23.0. The van der Waals surface area contributed by atoms with Crippen LogP contribution in [0.5, 0.6) is 11.5 Å². The summed E-state index contributed by atoms with van der Waals surface area (Å²) in [4.78, 5) is 0. The normalized spacial score (nSPS) is 13.6. The number of alkyl halides is 1. The van der Waals surface area contributed by atoms with Crippen LogP contribution in [0.25, 0.3) is 0 Å². The second-order valence-corrected chi connectivity index (χ2v) is 15.8. The van der Waals surface area contributed by atoms with E-state index in [4.69, 9.17) is 9.16 Å². The molecule has 0 radical (unpaired) electrons. The molecule has 0 aliphatic carbocycles. The number of unbranched alkanes of at least 4 members (excludes halogenated alkanes) is 1. The van der Waals surface area contributed by atoms with E-state index in [1.54, 1.807) is 13.8 Å². The van der Waals surface area contributed by atoms with Crippen LogP contribution in [0.1, 0.15) is 90.5 Å². The van der Waals surface area contributed by atoms with Gasteiger partial charge in [-0.05, 0) is 96.1 Å². The summed E-state index contributed by atoms with van der Waals surface area (Å²) in [7, 11) is -1.98. The first-order valence-electron chi connectivity index (χ1n) is 11.1. The average Bonchev–Trinajstić information content (AvgIpc) is 2.54. The maximum Gasteiger partial charge on any atom is 0.250 e. The van der Waals surface area contributed by atoms with Crippen molar-refractivity contribution in [2.75, 3.05) is 0 Å². The molecule has 1 aromatic rings. The quantitative estimate of drug-likeness (QED) is 0.391. The molecule has 0 unspecified atom stereocenters. The number of halogens is 1. The highest BCUT2D eigenvalue weighted by atomic mass is 28.4. The predicted molar refractivity (Wildman–Crippen MR) is 127 cm³/mol. The van der Waals surface area contributed by atoms with Gasteiger partial charge in [0.15, 0.2) is 0 Å². The molecule has 0 amide bonds. The van der Waals surface area contributed by atoms with Gasteiger partial charge in [-0.2, -0.15) is 0 Å². The Bertz CT molecular complexity index is 722. The van der Waals surface area contributed by atoms with Crippen molar-refractivity contribution in [2.45, 2.75) is 125 Å². The largest absolute Gasteiger partial charge is 0.543 e. The Labute approximate surface area is 180 Å². The van der Waals surface area contributed by atoms with Gasteiger partial charge in [0.1, 0.15) is 22.8 Å². The Kier molecular flexibility index (Phi) is 7.72. The minimum absolute atomic E-state index is 0.124. The smallest absolute Gasteiger partial charge is 0.250 e. The van der Waals surface area contributed by atoms with Gasteiger partial charge in [-0.25, -0.2) is 4.39 Å². The molecule has 0 aliphatic heterocycles. The van der Waals surface area contributed by atoms with E-state index in [1.165, 1.54) is 5.56 Å². The van der Waals surface area contributed by atoms with Crippen molar-refractivity contribution in [3.8, 4) is 11.5 Å². The second-order valence-electron chi connectivity index (χ2n) is 11.1. The van der Waals surface area contributed by atoms with E-state index in [1.807, 2.05) is 13.8 Å². The summed E-state index contributed by atoms with van der Waals surface area (Å²) in [6, 6.07) is 0. The number of rotatable bonds is 8. The van der Waals surface area contributed by atoms with Crippen molar-refractivity contribution in [3.05, 3.63) is 22.3 Å². The van der Waals surface area contributed by atoms with Crippen LogP contribution < -0.4 is 9.16 Å². The third-order valence-electron chi connectivity index (χ3n) is 7.04. The first-order valence-corrected chi connectivity index (χ1v) is 14.0. The van der Waals surface area contributed by atoms with Gasteiger partial charge in [-0.3, -0.25) is 0 Å². The van der Waals surface area contributed by atoms with Gasteiger partial charge in [0.2, 0.25) is 0 Å². The zero-order valence-corrected chi connectivity index (χ0v) is 22.3. The summed E-state index contributed by atoms with van der Waals surface area (Å²) >= 11 is 0. The third-order valence-corrected chi connectivity index (χ3v) is 11.4. The summed E-state index contributed by atoms with van der Waals surface area (Å²) in [5.41, 5.74) is 2.09. The van der Waals surface area contributed by atoms with Crippen LogP contribution in [0.15, 0.2) is 0 Å². The SMILES string of the molecule is CCCCc1c(C)c(O[Si](C)(C)C(C)(C)C)c(C)c(C)c1OC(C)(C)C(C)(C)F. The summed E-state index contributed by atoms with van der Waals surface area (Å²) < 4.78 is 28.1. The lowest BCUT2D eigenvalue weighted by molar-refractivity contribution is -0.0362. The summed E-state index contributed by atoms with van der Waals surface area (Å²) in [6.45, 7) is 26.7. The first-order chi connectivity index (χ1) is 12.9. The molecule has 0 heterocycles. The molecule has 29 heavy (non-hydrogen) atoms. The van der Waals surface area contributed by atoms with E-state index in [9.17, 15) is 4.39 Å². The van der Waals surface area contributed by atoms with E-state index in [0.29, 0.717) is 0 Å². The van der Waals surface area contributed by atoms with Crippen molar-refractivity contribution in [2.24, 2.45) is 0 Å². The molecule has 0 aromatic heterocycles. The van der Waals surface area contributed by atoms with Crippen LogP contribution in [-0.4, -0.2) is 19.6 Å². The van der Waals surface area contributed by atoms with E-state index in [-0.39, 0.29) is 5.04 Å². The Hall–Kier alpha value is -1.03. The lowest BCUT2D eigenvalue weighted by Gasteiger charge is -2.40. The van der Waals surface area contributed by atoms with Crippen LogP contribution in [0.4, 0.5) is 4.39 Å². The first kappa shape index (κ1) is 26.0. The molecule has 1 aromatic carbocycles. The summed E-state index contributed by atoms with van der Waals surface area (Å²) in [5, 5.41) is 0.124. The lowest BCUT2D eigenvalue weighted by Crippen LogP contribution is -2.47. The van der Waals surface area contributed by atoms with E-state index >= 15 is 0 Å². The Morgan fingerprint density at radius 1 is 0.828 bits per heavy atom. The van der Waals surface area contributed by atoms with Gasteiger partial charge in [-0.15, -0.1) is 0 Å². The van der Waals surface area contributed by atoms with Gasteiger partial charge in [0, 0.05) is 5.56 Å². The van der Waals surface area contributed by atoms with Crippen LogP contribution in [0.3, 0.4) is 0 Å². The predicted octanol–water partition coefficient (Wildman–Crippen LogP) is 8.24. The molecule has 0 N–H and O–H groups in total. The highest BCUT2D eigenvalue weighted by molar-refractivity contribution is 6.74. The number of benzene rings is 1. The molecule has 0 atom stereocenters. The molecule has 4 heteroatoms. The van der Waals surface area contributed by atoms with E-state index < -0.39 is 19.6 Å². The molecular formula is C25H45FO2Si. The fourth-order valence-corrected chi connectivity index (χ4v) is 4.01. The molecule has 0 fully saturated rings. The molecular weight excluding hydrogens is 379 g/mol. The average molecular weight is 425 g/mol. The standard InChI is InChI=1S/C25H45FO2Si/c1-14-15-16-20-19(4)21(28-29(12,13)23(5,6)7)17(2)18(3)22(20)27-25(10,11)24(8,9)26/h14-16H2,1-13H3. The molecule has 0 saturated carbocycles. The fourth-order valence-electron chi connectivity index (χ4n) is 2.89. The van der Waals surface area contributed by atoms with Crippen molar-refractivity contribution in [1.29, 1.82) is 0 Å². The molecule has 2 nitrogen and oxygen atoms in total. The van der Waals surface area contributed by atoms with Gasteiger partial charge in [0.05, 0.1) is 0 Å². The van der Waals surface area contributed by atoms with Crippen molar-refractivity contribution < 1.29 is 13.6 Å². The van der Waals surface area contributed by atoms with Gasteiger partial charge < -0.3 is 9.16 Å². The van der Waals surface area contributed by atoms with Gasteiger partial charge >= 0.3 is 0 Å². The molecule has 0 spiro atoms. The van der Waals surface area contributed by atoms with Crippen LogP contribution in [-0.2, 0) is 6.42 Å². The van der Waals surface area contributed by atoms with Gasteiger partial charge in [-0.1, -0.05) is 34.1 Å². The van der Waals surface area contributed by atoms with E-state index in [0.717, 1.165) is 47.5 Å². The molecule has 0 bridgehead atoms. The van der Waals surface area contributed by atoms with Crippen molar-refractivity contribution in [1.82, 2.24) is 0 Å². The summed E-state index contributed by atoms with van der Waals surface area (Å²) in [5.74, 6) is 1.84. The number of hydrogen-bond acceptors (Lipinski definition) is 2. The Balaban J connectivity index is 3.65. The summed E-state index contributed by atoms with van der Waals surface area (Å²) in [6.07, 6.45) is 3.08. The third kappa shape index (κ3) is 5.56. The van der Waals surface area contributed by atoms with Crippen molar-refractivity contribution >= 4 is 8.32 Å². The minimum Gasteiger partial charge on any atom is -0.543 e. The number of hydrogen-bond donors (Lipinski definition) is 0. The highest BCUT2D eigenvalue weighted by Crippen LogP contribution is 2.45. The van der Waals surface area contributed by atoms with E-state index in [2.05, 4.69) is 61.6 Å². The monoisotopic (exact) mass is 424 g/mol. The topological polar surface area (TPSA) is 18.5 Å². The van der Waals surface area contributed by atoms with Crippen LogP contribution in [0, 0.1) is 20.8 Å². The van der Waals surface area contributed by atoms with Gasteiger partial charge in [0.25, 0.3) is 8.32 Å². The molecule has 1 rings (SSSR count). The lowest BCUT2D eigenvalue weighted by atomic mass is 9.89. The number of ether oxygens (including phenoxy) is 1. The molecule has 0 saturated heterocycles. The van der Waals surface area contributed by atoms with Crippen LogP contribution in [0.2, 0.25) is 18.1 Å². The van der Waals surface area contributed by atoms with Crippen molar-refractivity contribution in [3.63, 3.8) is 0 Å². The maximum atomic E-state index is 14.9. The Morgan fingerprint density at radius 3 is 1.72 bits per heavy atom. The maximum absolute atomic E-state index is 14.9. The highest BCUT2D eigenvalue weighted by Gasteiger charge is 2.42. The Morgan fingerprint density at radius 2 is 1.31 bits per heavy atom. The second kappa shape index (κ2) is 8.61. The molecule has 0 aliphatic rings. The minimum atomic E-state index is -1.98. The van der Waals surface area contributed by atoms with Crippen LogP contribution >= 0.6 is 0 Å². The molecule has 168 valence electrons. The zero-order valence-electron chi connectivity index (χ0n) is 21.3.